The second-order valence-electron chi connectivity index (χ2n) is 11.2. The van der Waals surface area contributed by atoms with E-state index in [1.165, 1.54) is 32.6 Å². The molecule has 0 radical (unpaired) electrons. The molecular weight excluding hydrogens is 548 g/mol. The van der Waals surface area contributed by atoms with Crippen LogP contribution < -0.4 is 0 Å². The molecule has 2 heterocycles. The van der Waals surface area contributed by atoms with Gasteiger partial charge in [-0.3, -0.25) is 9.98 Å². The Morgan fingerprint density at radius 3 is 2.02 bits per heavy atom. The van der Waals surface area contributed by atoms with Crippen LogP contribution in [0, 0.1) is 0 Å². The van der Waals surface area contributed by atoms with Crippen LogP contribution in [0.15, 0.2) is 168 Å². The molecule has 8 aromatic rings. The third kappa shape index (κ3) is 4.73. The van der Waals surface area contributed by atoms with Gasteiger partial charge in [0.1, 0.15) is 6.67 Å². The minimum absolute atomic E-state index is 0.450. The van der Waals surface area contributed by atoms with Crippen LogP contribution in [0.25, 0.3) is 49.4 Å². The Kier molecular flexibility index (Phi) is 6.65. The fourth-order valence-corrected chi connectivity index (χ4v) is 6.40. The zero-order chi connectivity index (χ0) is 30.2. The van der Waals surface area contributed by atoms with Crippen molar-refractivity contribution in [2.45, 2.75) is 6.67 Å². The monoisotopic (exact) mass is 578 g/mol. The fourth-order valence-electron chi connectivity index (χ4n) is 6.40. The number of hydrogen-bond acceptors (Lipinski definition) is 2. The van der Waals surface area contributed by atoms with Crippen molar-refractivity contribution < 1.29 is 0 Å². The topological polar surface area (TPSA) is 34.6 Å². The summed E-state index contributed by atoms with van der Waals surface area (Å²) >= 11 is 0. The van der Waals surface area contributed by atoms with Crippen LogP contribution in [0.5, 0.6) is 0 Å². The van der Waals surface area contributed by atoms with Crippen LogP contribution in [-0.2, 0) is 6.67 Å². The van der Waals surface area contributed by atoms with Gasteiger partial charge in [0.25, 0.3) is 0 Å². The van der Waals surface area contributed by atoms with E-state index >= 15 is 0 Å². The van der Waals surface area contributed by atoms with Crippen LogP contribution in [0.1, 0.15) is 11.1 Å². The van der Waals surface area contributed by atoms with E-state index in [9.17, 15) is 0 Å². The first-order chi connectivity index (χ1) is 22.3. The lowest BCUT2D eigenvalue weighted by molar-refractivity contribution is 0.793. The van der Waals surface area contributed by atoms with Crippen LogP contribution in [0.3, 0.4) is 0 Å². The molecule has 0 saturated carbocycles. The highest BCUT2D eigenvalue weighted by Crippen LogP contribution is 2.35. The van der Waals surface area contributed by atoms with Gasteiger partial charge in [-0.15, -0.1) is 0 Å². The molecule has 0 spiro atoms. The molecular formula is C41H30N4. The summed E-state index contributed by atoms with van der Waals surface area (Å²) in [5.41, 5.74) is 9.36. The van der Waals surface area contributed by atoms with Crippen molar-refractivity contribution in [3.63, 3.8) is 0 Å². The molecule has 0 aliphatic heterocycles. The highest BCUT2D eigenvalue weighted by molar-refractivity contribution is 6.21. The number of aromatic nitrogens is 2. The van der Waals surface area contributed by atoms with Crippen molar-refractivity contribution in [3.8, 4) is 16.8 Å². The molecule has 45 heavy (non-hydrogen) atoms. The van der Waals surface area contributed by atoms with Crippen molar-refractivity contribution in [3.05, 3.63) is 169 Å². The average Bonchev–Trinajstić information content (AvgIpc) is 3.69. The van der Waals surface area contributed by atoms with Crippen molar-refractivity contribution in [1.82, 2.24) is 9.13 Å². The standard InChI is InChI=1S/C41H30N4/c1-42-37-27-44(33-15-6-3-7-16-33)26-36(37)41(32-22-20-30(21-23-32)29-12-4-2-5-13-29)43-28-45-38-19-11-10-18-35(38)40-34-17-9-8-14-31(34)24-25-39(40)45/h2-27H,1,28H2/b43-41-. The van der Waals surface area contributed by atoms with Gasteiger partial charge in [-0.05, 0) is 52.9 Å². The van der Waals surface area contributed by atoms with Crippen molar-refractivity contribution >= 4 is 50.7 Å². The molecule has 214 valence electrons. The number of hydrogen-bond donors (Lipinski definition) is 0. The Morgan fingerprint density at radius 2 is 1.24 bits per heavy atom. The molecule has 8 rings (SSSR count). The third-order valence-corrected chi connectivity index (χ3v) is 8.58. The number of benzene rings is 6. The average molecular weight is 579 g/mol. The Bertz CT molecular complexity index is 2340. The number of para-hydroxylation sites is 2. The Labute approximate surface area is 261 Å². The van der Waals surface area contributed by atoms with E-state index in [1.54, 1.807) is 0 Å². The van der Waals surface area contributed by atoms with Crippen LogP contribution in [0.4, 0.5) is 5.69 Å². The molecule has 0 saturated heterocycles. The van der Waals surface area contributed by atoms with E-state index in [4.69, 9.17) is 4.99 Å². The SMILES string of the molecule is C=Nc1cn(-c2ccccc2)cc1/C(=N\Cn1c2ccccc2c2c3ccccc3ccc21)c1ccc(-c2ccccc2)cc1. The summed E-state index contributed by atoms with van der Waals surface area (Å²) in [7, 11) is 0. The summed E-state index contributed by atoms with van der Waals surface area (Å²) in [6.45, 7) is 4.38. The second-order valence-corrected chi connectivity index (χ2v) is 11.2. The van der Waals surface area contributed by atoms with Crippen molar-refractivity contribution in [2.75, 3.05) is 0 Å². The zero-order valence-electron chi connectivity index (χ0n) is 24.7. The summed E-state index contributed by atoms with van der Waals surface area (Å²) in [4.78, 5) is 9.83. The van der Waals surface area contributed by atoms with E-state index < -0.39 is 0 Å². The third-order valence-electron chi connectivity index (χ3n) is 8.58. The number of rotatable bonds is 7. The molecule has 0 N–H and O–H groups in total. The van der Waals surface area contributed by atoms with E-state index in [2.05, 4.69) is 148 Å². The minimum Gasteiger partial charge on any atom is -0.321 e. The molecule has 4 heteroatoms. The fraction of sp³-hybridized carbons (Fsp3) is 0.0244. The maximum Gasteiger partial charge on any atom is 0.115 e. The molecule has 0 unspecified atom stereocenters. The summed E-state index contributed by atoms with van der Waals surface area (Å²) in [6.07, 6.45) is 4.14. The van der Waals surface area contributed by atoms with Gasteiger partial charge < -0.3 is 9.13 Å². The largest absolute Gasteiger partial charge is 0.321 e. The lowest BCUT2D eigenvalue weighted by Gasteiger charge is -2.11. The molecule has 2 aromatic heterocycles. The van der Waals surface area contributed by atoms with E-state index in [0.717, 1.165) is 39.3 Å². The first-order valence-electron chi connectivity index (χ1n) is 15.1. The van der Waals surface area contributed by atoms with E-state index in [0.29, 0.717) is 6.67 Å². The van der Waals surface area contributed by atoms with Gasteiger partial charge in [-0.1, -0.05) is 121 Å². The van der Waals surface area contributed by atoms with Gasteiger partial charge in [-0.25, -0.2) is 0 Å². The Hall–Kier alpha value is -6.00. The van der Waals surface area contributed by atoms with Crippen LogP contribution in [-0.4, -0.2) is 21.6 Å². The molecule has 6 aromatic carbocycles. The van der Waals surface area contributed by atoms with Gasteiger partial charge in [0.2, 0.25) is 0 Å². The molecule has 0 amide bonds. The molecule has 0 atom stereocenters. The van der Waals surface area contributed by atoms with Gasteiger partial charge in [0.05, 0.1) is 22.4 Å². The Morgan fingerprint density at radius 1 is 0.578 bits per heavy atom. The highest BCUT2D eigenvalue weighted by Gasteiger charge is 2.17. The lowest BCUT2D eigenvalue weighted by Crippen LogP contribution is -2.06. The number of aliphatic imine (C=N–C) groups is 2. The number of nitrogens with zero attached hydrogens (tertiary/aromatic N) is 4. The predicted molar refractivity (Wildman–Crippen MR) is 189 cm³/mol. The quantitative estimate of drug-likeness (QED) is 0.169. The van der Waals surface area contributed by atoms with Crippen molar-refractivity contribution in [2.24, 2.45) is 9.98 Å². The summed E-state index contributed by atoms with van der Waals surface area (Å²) < 4.78 is 4.42. The maximum absolute atomic E-state index is 5.38. The van der Waals surface area contributed by atoms with Gasteiger partial charge in [-0.2, -0.15) is 0 Å². The zero-order valence-corrected chi connectivity index (χ0v) is 24.7. The maximum atomic E-state index is 5.38. The van der Waals surface area contributed by atoms with E-state index in [1.807, 2.05) is 30.5 Å². The Balaban J connectivity index is 1.31. The molecule has 0 aliphatic rings. The van der Waals surface area contributed by atoms with E-state index in [-0.39, 0.29) is 0 Å². The van der Waals surface area contributed by atoms with Crippen LogP contribution in [0.2, 0.25) is 0 Å². The normalized spacial score (nSPS) is 11.9. The highest BCUT2D eigenvalue weighted by atomic mass is 15.1. The minimum atomic E-state index is 0.450. The van der Waals surface area contributed by atoms with Crippen molar-refractivity contribution in [1.29, 1.82) is 0 Å². The molecule has 0 bridgehead atoms. The first-order valence-corrected chi connectivity index (χ1v) is 15.1. The van der Waals surface area contributed by atoms with Crippen LogP contribution >= 0.6 is 0 Å². The second kappa shape index (κ2) is 11.3. The molecule has 4 nitrogen and oxygen atoms in total. The van der Waals surface area contributed by atoms with Gasteiger partial charge >= 0.3 is 0 Å². The number of fused-ring (bicyclic) bond motifs is 5. The van der Waals surface area contributed by atoms with Gasteiger partial charge in [0.15, 0.2) is 0 Å². The molecule has 0 fully saturated rings. The summed E-state index contributed by atoms with van der Waals surface area (Å²) in [5, 5.41) is 4.98. The summed E-state index contributed by atoms with van der Waals surface area (Å²) in [6, 6.07) is 51.1. The molecule has 0 aliphatic carbocycles. The lowest BCUT2D eigenvalue weighted by atomic mass is 9.99. The smallest absolute Gasteiger partial charge is 0.115 e. The van der Waals surface area contributed by atoms with Gasteiger partial charge in [0, 0.05) is 40.0 Å². The first kappa shape index (κ1) is 26.6. The summed E-state index contributed by atoms with van der Waals surface area (Å²) in [5.74, 6) is 0. The predicted octanol–water partition coefficient (Wildman–Crippen LogP) is 10.2.